The van der Waals surface area contributed by atoms with Crippen molar-refractivity contribution in [1.82, 2.24) is 5.32 Å². The molecule has 2 rings (SSSR count). The Balaban J connectivity index is 2.11. The summed E-state index contributed by atoms with van der Waals surface area (Å²) in [6.07, 6.45) is 3.19. The molecule has 2 N–H and O–H groups in total. The molecule has 1 fully saturated rings. The maximum absolute atomic E-state index is 12.5. The van der Waals surface area contributed by atoms with Crippen LogP contribution in [0.15, 0.2) is 18.2 Å². The van der Waals surface area contributed by atoms with E-state index < -0.39 is 0 Å². The van der Waals surface area contributed by atoms with Gasteiger partial charge in [0.25, 0.3) is 0 Å². The molecule has 1 aliphatic rings. The molecule has 1 aromatic carbocycles. The second kappa shape index (κ2) is 7.14. The SMILES string of the molecule is CCC1CCNC(C(=O)Nc2cccc(Cl)c2N(C)C)C1. The fourth-order valence-corrected chi connectivity index (χ4v) is 3.20. The van der Waals surface area contributed by atoms with E-state index in [4.69, 9.17) is 11.6 Å². The van der Waals surface area contributed by atoms with Crippen LogP contribution in [0.1, 0.15) is 26.2 Å². The smallest absolute Gasteiger partial charge is 0.241 e. The third-order valence-corrected chi connectivity index (χ3v) is 4.40. The third-order valence-electron chi connectivity index (χ3n) is 4.10. The number of carbonyl (C=O) groups excluding carboxylic acids is 1. The van der Waals surface area contributed by atoms with Crippen molar-refractivity contribution in [3.8, 4) is 0 Å². The molecule has 0 saturated carbocycles. The third kappa shape index (κ3) is 3.89. The van der Waals surface area contributed by atoms with Crippen LogP contribution >= 0.6 is 11.6 Å². The second-order valence-corrected chi connectivity index (χ2v) is 6.23. The van der Waals surface area contributed by atoms with E-state index in [0.717, 1.165) is 37.2 Å². The molecule has 5 heteroatoms. The summed E-state index contributed by atoms with van der Waals surface area (Å²) in [7, 11) is 3.84. The van der Waals surface area contributed by atoms with Gasteiger partial charge >= 0.3 is 0 Å². The summed E-state index contributed by atoms with van der Waals surface area (Å²) in [6.45, 7) is 3.10. The Morgan fingerprint density at radius 2 is 2.24 bits per heavy atom. The summed E-state index contributed by atoms with van der Waals surface area (Å²) in [5, 5.41) is 6.97. The van der Waals surface area contributed by atoms with Crippen LogP contribution in [-0.2, 0) is 4.79 Å². The molecule has 1 aliphatic heterocycles. The minimum absolute atomic E-state index is 0.0264. The molecule has 2 unspecified atom stereocenters. The van der Waals surface area contributed by atoms with Crippen LogP contribution in [0.3, 0.4) is 0 Å². The van der Waals surface area contributed by atoms with Gasteiger partial charge in [0, 0.05) is 14.1 Å². The van der Waals surface area contributed by atoms with E-state index in [2.05, 4.69) is 17.6 Å². The van der Waals surface area contributed by atoms with E-state index in [1.807, 2.05) is 37.2 Å². The maximum Gasteiger partial charge on any atom is 0.241 e. The first-order valence-corrected chi connectivity index (χ1v) is 7.90. The summed E-state index contributed by atoms with van der Waals surface area (Å²) >= 11 is 6.23. The number of nitrogens with one attached hydrogen (secondary N) is 2. The van der Waals surface area contributed by atoms with Crippen molar-refractivity contribution in [1.29, 1.82) is 0 Å². The summed E-state index contributed by atoms with van der Waals surface area (Å²) in [5.41, 5.74) is 1.60. The van der Waals surface area contributed by atoms with Gasteiger partial charge in [0.2, 0.25) is 5.91 Å². The van der Waals surface area contributed by atoms with Crippen molar-refractivity contribution in [2.24, 2.45) is 5.92 Å². The molecule has 2 atom stereocenters. The van der Waals surface area contributed by atoms with E-state index in [9.17, 15) is 4.79 Å². The highest BCUT2D eigenvalue weighted by molar-refractivity contribution is 6.34. The van der Waals surface area contributed by atoms with Crippen molar-refractivity contribution in [2.75, 3.05) is 30.9 Å². The first-order chi connectivity index (χ1) is 10.0. The van der Waals surface area contributed by atoms with Gasteiger partial charge in [-0.05, 0) is 37.4 Å². The summed E-state index contributed by atoms with van der Waals surface area (Å²) in [6, 6.07) is 5.46. The predicted octanol–water partition coefficient (Wildman–Crippen LogP) is 3.12. The number of benzene rings is 1. The molecule has 0 radical (unpaired) electrons. The Labute approximate surface area is 131 Å². The number of halogens is 1. The number of carbonyl (C=O) groups is 1. The molecule has 0 spiro atoms. The highest BCUT2D eigenvalue weighted by Gasteiger charge is 2.26. The lowest BCUT2D eigenvalue weighted by Crippen LogP contribution is -2.46. The van der Waals surface area contributed by atoms with Gasteiger partial charge in [-0.3, -0.25) is 4.79 Å². The van der Waals surface area contributed by atoms with Gasteiger partial charge in [-0.25, -0.2) is 0 Å². The molecule has 1 aromatic rings. The number of para-hydroxylation sites is 1. The van der Waals surface area contributed by atoms with Gasteiger partial charge in [-0.2, -0.15) is 0 Å². The largest absolute Gasteiger partial charge is 0.375 e. The Morgan fingerprint density at radius 3 is 2.90 bits per heavy atom. The van der Waals surface area contributed by atoms with Gasteiger partial charge in [0.1, 0.15) is 0 Å². The lowest BCUT2D eigenvalue weighted by Gasteiger charge is -2.29. The van der Waals surface area contributed by atoms with Gasteiger partial charge in [-0.15, -0.1) is 0 Å². The number of amides is 1. The van der Waals surface area contributed by atoms with Crippen molar-refractivity contribution < 1.29 is 4.79 Å². The van der Waals surface area contributed by atoms with E-state index in [1.165, 1.54) is 0 Å². The molecule has 1 amide bonds. The molecular weight excluding hydrogens is 286 g/mol. The lowest BCUT2D eigenvalue weighted by atomic mass is 9.90. The number of hydrogen-bond acceptors (Lipinski definition) is 3. The van der Waals surface area contributed by atoms with Crippen LogP contribution in [0.25, 0.3) is 0 Å². The number of anilines is 2. The molecule has 0 bridgehead atoms. The Morgan fingerprint density at radius 1 is 1.48 bits per heavy atom. The van der Waals surface area contributed by atoms with Crippen molar-refractivity contribution >= 4 is 28.9 Å². The maximum atomic E-state index is 12.5. The average Bonchev–Trinajstić information content (AvgIpc) is 2.47. The highest BCUT2D eigenvalue weighted by atomic mass is 35.5. The fraction of sp³-hybridized carbons (Fsp3) is 0.562. The fourth-order valence-electron chi connectivity index (χ4n) is 2.86. The number of rotatable bonds is 4. The zero-order valence-corrected chi connectivity index (χ0v) is 13.7. The zero-order chi connectivity index (χ0) is 15.4. The van der Waals surface area contributed by atoms with Crippen molar-refractivity contribution in [3.05, 3.63) is 23.2 Å². The Hall–Kier alpha value is -1.26. The summed E-state index contributed by atoms with van der Waals surface area (Å²) < 4.78 is 0. The van der Waals surface area contributed by atoms with E-state index in [1.54, 1.807) is 0 Å². The molecular formula is C16H24ClN3O. The molecule has 1 heterocycles. The monoisotopic (exact) mass is 309 g/mol. The van der Waals surface area contributed by atoms with Gasteiger partial charge in [0.05, 0.1) is 22.4 Å². The molecule has 1 saturated heterocycles. The molecule has 116 valence electrons. The first kappa shape index (κ1) is 16.1. The Bertz CT molecular complexity index is 504. The van der Waals surface area contributed by atoms with Gasteiger partial charge in [-0.1, -0.05) is 31.0 Å². The van der Waals surface area contributed by atoms with Crippen LogP contribution in [0.2, 0.25) is 5.02 Å². The van der Waals surface area contributed by atoms with Crippen molar-refractivity contribution in [3.63, 3.8) is 0 Å². The molecule has 0 aromatic heterocycles. The Kier molecular flexibility index (Phi) is 5.48. The first-order valence-electron chi connectivity index (χ1n) is 7.53. The van der Waals surface area contributed by atoms with E-state index in [-0.39, 0.29) is 11.9 Å². The van der Waals surface area contributed by atoms with Gasteiger partial charge < -0.3 is 15.5 Å². The van der Waals surface area contributed by atoms with Crippen LogP contribution in [0.5, 0.6) is 0 Å². The summed E-state index contributed by atoms with van der Waals surface area (Å²) in [4.78, 5) is 14.4. The number of piperidine rings is 1. The molecule has 0 aliphatic carbocycles. The molecule has 4 nitrogen and oxygen atoms in total. The second-order valence-electron chi connectivity index (χ2n) is 5.83. The summed E-state index contributed by atoms with van der Waals surface area (Å²) in [5.74, 6) is 0.660. The quantitative estimate of drug-likeness (QED) is 0.898. The van der Waals surface area contributed by atoms with E-state index in [0.29, 0.717) is 10.9 Å². The van der Waals surface area contributed by atoms with Crippen LogP contribution < -0.4 is 15.5 Å². The minimum atomic E-state index is -0.113. The number of nitrogens with zero attached hydrogens (tertiary/aromatic N) is 1. The zero-order valence-electron chi connectivity index (χ0n) is 12.9. The van der Waals surface area contributed by atoms with Crippen molar-refractivity contribution in [2.45, 2.75) is 32.2 Å². The molecule has 21 heavy (non-hydrogen) atoms. The number of hydrogen-bond donors (Lipinski definition) is 2. The van der Waals surface area contributed by atoms with Crippen LogP contribution in [-0.4, -0.2) is 32.6 Å². The lowest BCUT2D eigenvalue weighted by molar-refractivity contribution is -0.119. The average molecular weight is 310 g/mol. The van der Waals surface area contributed by atoms with Gasteiger partial charge in [0.15, 0.2) is 0 Å². The minimum Gasteiger partial charge on any atom is -0.375 e. The van der Waals surface area contributed by atoms with E-state index >= 15 is 0 Å². The predicted molar refractivity (Wildman–Crippen MR) is 89.2 cm³/mol. The highest BCUT2D eigenvalue weighted by Crippen LogP contribution is 2.32. The standard InChI is InChI=1S/C16H24ClN3O/c1-4-11-8-9-18-14(10-11)16(21)19-13-7-5-6-12(17)15(13)20(2)3/h5-7,11,14,18H,4,8-10H2,1-3H3,(H,19,21). The van der Waals surface area contributed by atoms with Crippen LogP contribution in [0, 0.1) is 5.92 Å². The normalized spacial score (nSPS) is 21.9. The van der Waals surface area contributed by atoms with Crippen LogP contribution in [0.4, 0.5) is 11.4 Å². The topological polar surface area (TPSA) is 44.4 Å².